The van der Waals surface area contributed by atoms with Crippen molar-refractivity contribution in [2.24, 2.45) is 17.8 Å². The average molecular weight is 271 g/mol. The van der Waals surface area contributed by atoms with E-state index in [2.05, 4.69) is 49.5 Å². The first-order chi connectivity index (χ1) is 9.67. The van der Waals surface area contributed by atoms with Gasteiger partial charge in [-0.25, -0.2) is 0 Å². The van der Waals surface area contributed by atoms with E-state index in [0.29, 0.717) is 12.1 Å². The minimum Gasteiger partial charge on any atom is -0.497 e. The number of methoxy groups -OCH3 is 1. The summed E-state index contributed by atoms with van der Waals surface area (Å²) in [5.74, 6) is 3.39. The van der Waals surface area contributed by atoms with Gasteiger partial charge < -0.3 is 10.1 Å². The van der Waals surface area contributed by atoms with Gasteiger partial charge in [-0.1, -0.05) is 24.3 Å². The molecule has 0 heterocycles. The molecule has 1 fully saturated rings. The third-order valence-electron chi connectivity index (χ3n) is 5.08. The lowest BCUT2D eigenvalue weighted by atomic mass is 9.87. The Morgan fingerprint density at radius 3 is 2.70 bits per heavy atom. The van der Waals surface area contributed by atoms with Crippen LogP contribution in [0.25, 0.3) is 0 Å². The van der Waals surface area contributed by atoms with Gasteiger partial charge in [0.05, 0.1) is 7.11 Å². The average Bonchev–Trinajstić information content (AvgIpc) is 3.10. The van der Waals surface area contributed by atoms with Crippen molar-refractivity contribution in [3.63, 3.8) is 0 Å². The lowest BCUT2D eigenvalue weighted by Gasteiger charge is -2.29. The molecule has 0 spiro atoms. The molecule has 0 saturated heterocycles. The van der Waals surface area contributed by atoms with Crippen molar-refractivity contribution in [3.05, 3.63) is 42.0 Å². The minimum atomic E-state index is 0.364. The van der Waals surface area contributed by atoms with Crippen molar-refractivity contribution in [1.29, 1.82) is 0 Å². The summed E-state index contributed by atoms with van der Waals surface area (Å²) in [5.41, 5.74) is 1.30. The van der Waals surface area contributed by atoms with E-state index in [1.54, 1.807) is 7.11 Å². The van der Waals surface area contributed by atoms with Gasteiger partial charge in [0.1, 0.15) is 5.75 Å². The first kappa shape index (κ1) is 13.7. The van der Waals surface area contributed by atoms with E-state index in [1.165, 1.54) is 18.4 Å². The molecule has 0 radical (unpaired) electrons. The maximum absolute atomic E-state index is 5.31. The zero-order valence-corrected chi connectivity index (χ0v) is 12.7. The summed E-state index contributed by atoms with van der Waals surface area (Å²) in [6, 6.07) is 9.30. The van der Waals surface area contributed by atoms with Gasteiger partial charge in [0.2, 0.25) is 0 Å². The first-order valence-electron chi connectivity index (χ1n) is 7.75. The molecule has 1 saturated carbocycles. The van der Waals surface area contributed by atoms with E-state index in [0.717, 1.165) is 23.5 Å². The van der Waals surface area contributed by atoms with E-state index in [4.69, 9.17) is 4.74 Å². The van der Waals surface area contributed by atoms with Gasteiger partial charge >= 0.3 is 0 Å². The largest absolute Gasteiger partial charge is 0.497 e. The highest BCUT2D eigenvalue weighted by molar-refractivity contribution is 5.30. The predicted octanol–water partition coefficient (Wildman–Crippen LogP) is 3.95. The molecule has 2 aliphatic carbocycles. The summed E-state index contributed by atoms with van der Waals surface area (Å²) in [4.78, 5) is 0. The van der Waals surface area contributed by atoms with Crippen molar-refractivity contribution < 1.29 is 4.74 Å². The van der Waals surface area contributed by atoms with Crippen LogP contribution in [0.4, 0.5) is 0 Å². The number of benzene rings is 1. The van der Waals surface area contributed by atoms with Gasteiger partial charge in [-0.15, -0.1) is 0 Å². The Balaban J connectivity index is 1.63. The van der Waals surface area contributed by atoms with Crippen molar-refractivity contribution in [2.45, 2.75) is 38.8 Å². The van der Waals surface area contributed by atoms with Gasteiger partial charge in [0.25, 0.3) is 0 Å². The second-order valence-electron chi connectivity index (χ2n) is 6.40. The molecule has 5 unspecified atom stereocenters. The van der Waals surface area contributed by atoms with Gasteiger partial charge in [0, 0.05) is 12.1 Å². The molecule has 0 aromatic heterocycles. The van der Waals surface area contributed by atoms with Crippen LogP contribution in [0.3, 0.4) is 0 Å². The fourth-order valence-corrected chi connectivity index (χ4v) is 3.92. The number of hydrogen-bond acceptors (Lipinski definition) is 2. The van der Waals surface area contributed by atoms with Crippen LogP contribution in [0, 0.1) is 17.8 Å². The Kier molecular flexibility index (Phi) is 3.84. The molecule has 0 amide bonds. The van der Waals surface area contributed by atoms with Crippen molar-refractivity contribution in [2.75, 3.05) is 7.11 Å². The van der Waals surface area contributed by atoms with Gasteiger partial charge in [0.15, 0.2) is 0 Å². The minimum absolute atomic E-state index is 0.364. The highest BCUT2D eigenvalue weighted by atomic mass is 16.5. The molecule has 1 N–H and O–H groups in total. The summed E-state index contributed by atoms with van der Waals surface area (Å²) < 4.78 is 5.31. The summed E-state index contributed by atoms with van der Waals surface area (Å²) in [6.07, 6.45) is 7.59. The normalized spacial score (nSPS) is 30.4. The van der Waals surface area contributed by atoms with Crippen LogP contribution in [0.2, 0.25) is 0 Å². The lowest BCUT2D eigenvalue weighted by molar-refractivity contribution is 0.307. The maximum Gasteiger partial charge on any atom is 0.119 e. The Morgan fingerprint density at radius 2 is 2.05 bits per heavy atom. The van der Waals surface area contributed by atoms with Gasteiger partial charge in [-0.05, 0) is 62.1 Å². The van der Waals surface area contributed by atoms with E-state index in [-0.39, 0.29) is 0 Å². The summed E-state index contributed by atoms with van der Waals surface area (Å²) in [7, 11) is 1.72. The third kappa shape index (κ3) is 2.62. The molecule has 0 aliphatic heterocycles. The predicted molar refractivity (Wildman–Crippen MR) is 82.9 cm³/mol. The quantitative estimate of drug-likeness (QED) is 0.819. The molecule has 1 aromatic rings. The molecular formula is C18H25NO. The van der Waals surface area contributed by atoms with Crippen LogP contribution in [-0.2, 0) is 0 Å². The molecule has 20 heavy (non-hydrogen) atoms. The number of rotatable bonds is 5. The Hall–Kier alpha value is -1.28. The van der Waals surface area contributed by atoms with Crippen LogP contribution >= 0.6 is 0 Å². The lowest BCUT2D eigenvalue weighted by Crippen LogP contribution is -2.37. The van der Waals surface area contributed by atoms with Crippen LogP contribution in [-0.4, -0.2) is 13.2 Å². The number of nitrogens with one attached hydrogen (secondary N) is 1. The topological polar surface area (TPSA) is 21.3 Å². The monoisotopic (exact) mass is 271 g/mol. The molecule has 2 heteroatoms. The molecule has 5 atom stereocenters. The zero-order chi connectivity index (χ0) is 14.1. The van der Waals surface area contributed by atoms with E-state index in [9.17, 15) is 0 Å². The van der Waals surface area contributed by atoms with Gasteiger partial charge in [-0.2, -0.15) is 0 Å². The number of allylic oxidation sites excluding steroid dienone is 2. The molecule has 1 aromatic carbocycles. The Bertz CT molecular complexity index is 496. The molecule has 2 bridgehead atoms. The molecule has 3 rings (SSSR count). The van der Waals surface area contributed by atoms with Gasteiger partial charge in [-0.3, -0.25) is 0 Å². The maximum atomic E-state index is 5.31. The Morgan fingerprint density at radius 1 is 1.20 bits per heavy atom. The Labute approximate surface area is 122 Å². The van der Waals surface area contributed by atoms with E-state index in [1.807, 2.05) is 6.07 Å². The highest BCUT2D eigenvalue weighted by Crippen LogP contribution is 2.45. The van der Waals surface area contributed by atoms with Crippen molar-refractivity contribution in [3.8, 4) is 5.75 Å². The molecule has 2 nitrogen and oxygen atoms in total. The van der Waals surface area contributed by atoms with Crippen LogP contribution in [0.1, 0.15) is 38.3 Å². The molecular weight excluding hydrogens is 246 g/mol. The van der Waals surface area contributed by atoms with Crippen molar-refractivity contribution in [1.82, 2.24) is 5.32 Å². The van der Waals surface area contributed by atoms with Crippen LogP contribution < -0.4 is 10.1 Å². The van der Waals surface area contributed by atoms with Crippen LogP contribution in [0.5, 0.6) is 5.75 Å². The fourth-order valence-electron chi connectivity index (χ4n) is 3.92. The molecule has 2 aliphatic rings. The summed E-state index contributed by atoms with van der Waals surface area (Å²) in [6.45, 7) is 4.59. The van der Waals surface area contributed by atoms with E-state index >= 15 is 0 Å². The number of fused-ring (bicyclic) bond motifs is 2. The fraction of sp³-hybridized carbons (Fsp3) is 0.556. The number of hydrogen-bond donors (Lipinski definition) is 1. The number of ether oxygens (including phenoxy) is 1. The standard InChI is InChI=1S/C18H25NO/c1-12(15-5-4-6-17(11-15)20-3)19-13(2)18-10-14-7-8-16(18)9-14/h4-8,11-14,16,18-19H,9-10H2,1-3H3. The summed E-state index contributed by atoms with van der Waals surface area (Å²) in [5, 5.41) is 3.78. The highest BCUT2D eigenvalue weighted by Gasteiger charge is 2.38. The van der Waals surface area contributed by atoms with Crippen LogP contribution in [0.15, 0.2) is 36.4 Å². The summed E-state index contributed by atoms with van der Waals surface area (Å²) >= 11 is 0. The molecule has 108 valence electrons. The third-order valence-corrected chi connectivity index (χ3v) is 5.08. The smallest absolute Gasteiger partial charge is 0.119 e. The second kappa shape index (κ2) is 5.61. The zero-order valence-electron chi connectivity index (χ0n) is 12.7. The second-order valence-corrected chi connectivity index (χ2v) is 6.40. The van der Waals surface area contributed by atoms with E-state index < -0.39 is 0 Å². The van der Waals surface area contributed by atoms with Crippen molar-refractivity contribution >= 4 is 0 Å². The first-order valence-corrected chi connectivity index (χ1v) is 7.75. The SMILES string of the molecule is COc1cccc(C(C)NC(C)C2CC3C=CC2C3)c1.